The van der Waals surface area contributed by atoms with E-state index in [1.165, 1.54) is 21.3 Å². The Hall–Kier alpha value is -9.03. The lowest BCUT2D eigenvalue weighted by atomic mass is 9.90. The van der Waals surface area contributed by atoms with Crippen LogP contribution in [0.3, 0.4) is 0 Å². The number of hydrogen-bond donors (Lipinski definition) is 0. The molecule has 0 N–H and O–H groups in total. The quantitative estimate of drug-likeness (QED) is 0.106. The van der Waals surface area contributed by atoms with Gasteiger partial charge in [-0.15, -0.1) is 0 Å². The van der Waals surface area contributed by atoms with Crippen molar-refractivity contribution in [2.45, 2.75) is 0 Å². The minimum Gasteiger partial charge on any atom is -0.497 e. The van der Waals surface area contributed by atoms with Crippen LogP contribution >= 0.6 is 0 Å². The van der Waals surface area contributed by atoms with Crippen LogP contribution in [-0.4, -0.2) is 42.7 Å². The Balaban J connectivity index is 1.21. The smallest absolute Gasteiger partial charge is 0.204 e. The Morgan fingerprint density at radius 3 is 1.55 bits per heavy atom. The topological polar surface area (TPSA) is 146 Å². The summed E-state index contributed by atoms with van der Waals surface area (Å²) in [6.07, 6.45) is 0. The third kappa shape index (κ3) is 6.04. The average molecular weight is 915 g/mol. The first-order valence-corrected chi connectivity index (χ1v) is 21.9. The number of benzene rings is 9. The highest BCUT2D eigenvalue weighted by atomic mass is 16.5. The fourth-order valence-corrected chi connectivity index (χ4v) is 9.95. The van der Waals surface area contributed by atoms with Gasteiger partial charge in [0.05, 0.1) is 69.6 Å². The van der Waals surface area contributed by atoms with E-state index in [9.17, 15) is 9.59 Å². The lowest BCUT2D eigenvalue weighted by molar-refractivity contribution is 0.411. The van der Waals surface area contributed by atoms with Crippen LogP contribution in [0.15, 0.2) is 149 Å². The number of methoxy groups -OCH3 is 6. The van der Waals surface area contributed by atoms with Crippen molar-refractivity contribution in [3.63, 3.8) is 0 Å². The fourth-order valence-electron chi connectivity index (χ4n) is 9.95. The van der Waals surface area contributed by atoms with E-state index in [4.69, 9.17) is 41.7 Å². The second-order valence-corrected chi connectivity index (χ2v) is 16.7. The third-order valence-corrected chi connectivity index (χ3v) is 13.2. The van der Waals surface area contributed by atoms with E-state index in [0.29, 0.717) is 139 Å². The first-order valence-electron chi connectivity index (χ1n) is 21.9. The van der Waals surface area contributed by atoms with E-state index >= 15 is 4.79 Å². The van der Waals surface area contributed by atoms with Gasteiger partial charge in [-0.1, -0.05) is 18.2 Å². The number of rotatable bonds is 8. The van der Waals surface area contributed by atoms with Crippen molar-refractivity contribution in [1.29, 1.82) is 0 Å². The Morgan fingerprint density at radius 1 is 0.319 bits per heavy atom. The average Bonchev–Trinajstić information content (AvgIpc) is 3.38. The van der Waals surface area contributed by atoms with Crippen LogP contribution in [0.1, 0.15) is 0 Å². The molecule has 12 aromatic rings. The molecular formula is C57H38O12. The van der Waals surface area contributed by atoms with E-state index in [1.807, 2.05) is 54.6 Å². The molecule has 12 rings (SSSR count). The number of hydrogen-bond acceptors (Lipinski definition) is 12. The molecule has 0 aliphatic rings. The summed E-state index contributed by atoms with van der Waals surface area (Å²) in [4.78, 5) is 44.5. The highest BCUT2D eigenvalue weighted by molar-refractivity contribution is 6.20. The minimum atomic E-state index is -0.322. The summed E-state index contributed by atoms with van der Waals surface area (Å²) in [5.41, 5.74) is 3.24. The SMILES string of the molecule is COc1ccc2c(c1)cc(-c1cc3c(cc1OC)cc(-c1cc4c(ccc5oc6c(OC)cccc6c(=O)c54)cc1OC)c1oc4ccc(OC)cc4c(=O)c13)c1oc3cccc(OC)c3c(=O)c12. The van der Waals surface area contributed by atoms with Crippen LogP contribution < -0.4 is 44.7 Å². The highest BCUT2D eigenvalue weighted by Crippen LogP contribution is 2.47. The molecule has 0 aliphatic carbocycles. The molecule has 0 unspecified atom stereocenters. The zero-order valence-electron chi connectivity index (χ0n) is 37.9. The molecule has 0 aliphatic heterocycles. The Morgan fingerprint density at radius 2 is 0.855 bits per heavy atom. The van der Waals surface area contributed by atoms with E-state index in [1.54, 1.807) is 88.1 Å². The van der Waals surface area contributed by atoms with Crippen LogP contribution in [-0.2, 0) is 0 Å². The first-order chi connectivity index (χ1) is 33.7. The van der Waals surface area contributed by atoms with Crippen molar-refractivity contribution < 1.29 is 41.7 Å². The maximum Gasteiger partial charge on any atom is 0.204 e. The van der Waals surface area contributed by atoms with Gasteiger partial charge in [-0.2, -0.15) is 0 Å². The zero-order valence-corrected chi connectivity index (χ0v) is 37.9. The summed E-state index contributed by atoms with van der Waals surface area (Å²) in [5, 5.41) is 5.74. The van der Waals surface area contributed by atoms with Gasteiger partial charge >= 0.3 is 0 Å². The molecule has 0 saturated carbocycles. The van der Waals surface area contributed by atoms with Gasteiger partial charge in [0.15, 0.2) is 11.3 Å². The van der Waals surface area contributed by atoms with Gasteiger partial charge in [-0.3, -0.25) is 14.4 Å². The summed E-state index contributed by atoms with van der Waals surface area (Å²) < 4.78 is 54.7. The third-order valence-electron chi connectivity index (χ3n) is 13.2. The minimum absolute atomic E-state index is 0.235. The first kappa shape index (κ1) is 41.4. The molecule has 0 fully saturated rings. The number of ether oxygens (including phenoxy) is 6. The molecule has 12 heteroatoms. The van der Waals surface area contributed by atoms with Crippen LogP contribution in [0.2, 0.25) is 0 Å². The monoisotopic (exact) mass is 914 g/mol. The summed E-state index contributed by atoms with van der Waals surface area (Å²) in [5.74, 6) is 2.77. The highest BCUT2D eigenvalue weighted by Gasteiger charge is 2.26. The molecule has 0 radical (unpaired) electrons. The van der Waals surface area contributed by atoms with Crippen molar-refractivity contribution in [2.24, 2.45) is 0 Å². The molecule has 0 spiro atoms. The van der Waals surface area contributed by atoms with Gasteiger partial charge in [0, 0.05) is 22.3 Å². The molecule has 0 atom stereocenters. The van der Waals surface area contributed by atoms with Crippen LogP contribution in [0.4, 0.5) is 0 Å². The summed E-state index contributed by atoms with van der Waals surface area (Å²) in [6.45, 7) is 0. The maximum absolute atomic E-state index is 15.3. The van der Waals surface area contributed by atoms with Crippen LogP contribution in [0.5, 0.6) is 34.5 Å². The fraction of sp³-hybridized carbons (Fsp3) is 0.105. The summed E-state index contributed by atoms with van der Waals surface area (Å²) >= 11 is 0. The predicted molar refractivity (Wildman–Crippen MR) is 270 cm³/mol. The van der Waals surface area contributed by atoms with Gasteiger partial charge in [-0.25, -0.2) is 0 Å². The van der Waals surface area contributed by atoms with Crippen molar-refractivity contribution in [1.82, 2.24) is 0 Å². The lowest BCUT2D eigenvalue weighted by Gasteiger charge is -2.18. The van der Waals surface area contributed by atoms with Crippen molar-refractivity contribution in [3.8, 4) is 56.8 Å². The van der Waals surface area contributed by atoms with E-state index in [0.717, 1.165) is 5.39 Å². The van der Waals surface area contributed by atoms with Crippen molar-refractivity contribution >= 4 is 98.1 Å². The Bertz CT molecular complexity index is 4410. The molecule has 338 valence electrons. The Labute approximate surface area is 389 Å². The predicted octanol–water partition coefficient (Wildman–Crippen LogP) is 12.3. The Kier molecular flexibility index (Phi) is 9.32. The number of fused-ring (bicyclic) bond motifs is 12. The molecule has 69 heavy (non-hydrogen) atoms. The van der Waals surface area contributed by atoms with E-state index in [2.05, 4.69) is 0 Å². The van der Waals surface area contributed by atoms with Gasteiger partial charge < -0.3 is 41.7 Å². The van der Waals surface area contributed by atoms with Gasteiger partial charge in [0.1, 0.15) is 62.0 Å². The molecule has 0 amide bonds. The van der Waals surface area contributed by atoms with Gasteiger partial charge in [0.2, 0.25) is 16.3 Å². The summed E-state index contributed by atoms with van der Waals surface area (Å²) in [7, 11) is 9.29. The molecule has 0 saturated heterocycles. The van der Waals surface area contributed by atoms with E-state index < -0.39 is 0 Å². The normalized spacial score (nSPS) is 11.8. The van der Waals surface area contributed by atoms with Crippen LogP contribution in [0, 0.1) is 0 Å². The summed E-state index contributed by atoms with van der Waals surface area (Å²) in [6, 6.07) is 36.0. The number of para-hydroxylation sites is 1. The van der Waals surface area contributed by atoms with Gasteiger partial charge in [0.25, 0.3) is 0 Å². The van der Waals surface area contributed by atoms with Crippen molar-refractivity contribution in [3.05, 3.63) is 152 Å². The maximum atomic E-state index is 15.3. The molecule has 3 heterocycles. The molecule has 9 aromatic carbocycles. The zero-order chi connectivity index (χ0) is 47.4. The second-order valence-electron chi connectivity index (χ2n) is 16.7. The standard InChI is InChI=1S/C57H38O12/c1-61-30-14-16-32-28(19-30)20-38(56-49(32)54(60)51-42(63-3)10-8-11-43(51)69-56)37-26-35-29(23-47(37)66-6)21-39(57-50(35)53(59)40-24-31(62-2)15-18-41(40)67-57)36-25-34-27(22-46(36)65-5)13-17-44-48(34)52(58)33-9-7-12-45(64-4)55(33)68-44/h7-26H,1-6H3. The molecule has 12 nitrogen and oxygen atoms in total. The molecule has 0 bridgehead atoms. The molecule has 3 aromatic heterocycles. The second kappa shape index (κ2) is 15.5. The molecular weight excluding hydrogens is 877 g/mol. The van der Waals surface area contributed by atoms with Crippen LogP contribution in [0.25, 0.3) is 120 Å². The lowest BCUT2D eigenvalue weighted by Crippen LogP contribution is -2.06. The van der Waals surface area contributed by atoms with E-state index in [-0.39, 0.29) is 27.3 Å². The van der Waals surface area contributed by atoms with Crippen molar-refractivity contribution in [2.75, 3.05) is 42.7 Å². The largest absolute Gasteiger partial charge is 0.497 e. The van der Waals surface area contributed by atoms with Gasteiger partial charge in [-0.05, 0) is 135 Å².